The molecule has 2 amide bonds. The summed E-state index contributed by atoms with van der Waals surface area (Å²) in [5.41, 5.74) is 0.427. The largest absolute Gasteiger partial charge is 0.454 e. The number of nitrogens with one attached hydrogen (secondary N) is 1. The van der Waals surface area contributed by atoms with Gasteiger partial charge in [0.2, 0.25) is 12.7 Å². The minimum absolute atomic E-state index is 0.0454. The zero-order valence-corrected chi connectivity index (χ0v) is 15.2. The van der Waals surface area contributed by atoms with Crippen LogP contribution in [-0.2, 0) is 4.79 Å². The van der Waals surface area contributed by atoms with E-state index in [9.17, 15) is 14.7 Å². The molecule has 2 heterocycles. The van der Waals surface area contributed by atoms with Gasteiger partial charge in [0.05, 0.1) is 12.6 Å². The summed E-state index contributed by atoms with van der Waals surface area (Å²) >= 11 is 0. The molecule has 7 heteroatoms. The molecule has 26 heavy (non-hydrogen) atoms. The van der Waals surface area contributed by atoms with E-state index in [0.717, 1.165) is 12.8 Å². The Morgan fingerprint density at radius 2 is 2.08 bits per heavy atom. The Morgan fingerprint density at radius 1 is 1.31 bits per heavy atom. The predicted octanol–water partition coefficient (Wildman–Crippen LogP) is 1.54. The van der Waals surface area contributed by atoms with Crippen molar-refractivity contribution < 1.29 is 24.2 Å². The Labute approximate surface area is 153 Å². The number of hydrogen-bond donors (Lipinski definition) is 2. The van der Waals surface area contributed by atoms with Crippen molar-refractivity contribution in [3.05, 3.63) is 23.8 Å². The standard InChI is InChI=1S/C19H26N2O5/c1-12(2)8-15(19(24)21-7-3-4-14(21)10-22)20-18(23)13-5-6-16-17(9-13)26-11-25-16/h5-6,9,12,14-15,22H,3-4,7-8,10-11H2,1-2H3,(H,20,23)/t14?,15-/m1/s1. The van der Waals surface area contributed by atoms with Crippen LogP contribution in [0.25, 0.3) is 0 Å². The van der Waals surface area contributed by atoms with Crippen LogP contribution >= 0.6 is 0 Å². The summed E-state index contributed by atoms with van der Waals surface area (Å²) in [4.78, 5) is 27.3. The SMILES string of the molecule is CC(C)C[C@@H](NC(=O)c1ccc2c(c1)OCO2)C(=O)N1CCCC1CO. The number of fused-ring (bicyclic) bond motifs is 1. The fourth-order valence-electron chi connectivity index (χ4n) is 3.49. The van der Waals surface area contributed by atoms with E-state index < -0.39 is 6.04 Å². The molecule has 0 spiro atoms. The highest BCUT2D eigenvalue weighted by Gasteiger charge is 2.34. The number of likely N-dealkylation sites (tertiary alicyclic amines) is 1. The lowest BCUT2D eigenvalue weighted by Gasteiger charge is -2.29. The van der Waals surface area contributed by atoms with Crippen molar-refractivity contribution in [3.8, 4) is 11.5 Å². The molecule has 3 rings (SSSR count). The average molecular weight is 362 g/mol. The molecule has 1 fully saturated rings. The van der Waals surface area contributed by atoms with Gasteiger partial charge in [-0.05, 0) is 43.4 Å². The molecular formula is C19H26N2O5. The molecule has 2 atom stereocenters. The van der Waals surface area contributed by atoms with Crippen LogP contribution in [0.1, 0.15) is 43.5 Å². The summed E-state index contributed by atoms with van der Waals surface area (Å²) in [6.07, 6.45) is 2.22. The van der Waals surface area contributed by atoms with E-state index in [4.69, 9.17) is 9.47 Å². The van der Waals surface area contributed by atoms with Crippen LogP contribution in [0.15, 0.2) is 18.2 Å². The summed E-state index contributed by atoms with van der Waals surface area (Å²) in [5.74, 6) is 0.950. The monoisotopic (exact) mass is 362 g/mol. The second kappa shape index (κ2) is 7.95. The summed E-state index contributed by atoms with van der Waals surface area (Å²) in [5, 5.41) is 12.4. The maximum absolute atomic E-state index is 13.0. The van der Waals surface area contributed by atoms with Crippen LogP contribution < -0.4 is 14.8 Å². The van der Waals surface area contributed by atoms with E-state index in [1.54, 1.807) is 23.1 Å². The fraction of sp³-hybridized carbons (Fsp3) is 0.579. The molecule has 0 aromatic heterocycles. The first-order valence-corrected chi connectivity index (χ1v) is 9.11. The van der Waals surface area contributed by atoms with Crippen LogP contribution in [0.2, 0.25) is 0 Å². The molecule has 1 aromatic rings. The summed E-state index contributed by atoms with van der Waals surface area (Å²) in [6.45, 7) is 4.75. The molecule has 0 aliphatic carbocycles. The first-order chi connectivity index (χ1) is 12.5. The Balaban J connectivity index is 1.73. The molecule has 1 aromatic carbocycles. The first kappa shape index (κ1) is 18.5. The minimum Gasteiger partial charge on any atom is -0.454 e. The van der Waals surface area contributed by atoms with Crippen molar-refractivity contribution in [3.63, 3.8) is 0 Å². The maximum Gasteiger partial charge on any atom is 0.252 e. The molecule has 0 radical (unpaired) electrons. The number of nitrogens with zero attached hydrogens (tertiary/aromatic N) is 1. The highest BCUT2D eigenvalue weighted by molar-refractivity contribution is 5.98. The number of amides is 2. The molecule has 7 nitrogen and oxygen atoms in total. The van der Waals surface area contributed by atoms with Gasteiger partial charge < -0.3 is 24.8 Å². The third-order valence-corrected chi connectivity index (χ3v) is 4.82. The zero-order chi connectivity index (χ0) is 18.7. The molecule has 2 N–H and O–H groups in total. The predicted molar refractivity (Wildman–Crippen MR) is 95.1 cm³/mol. The van der Waals surface area contributed by atoms with Crippen LogP contribution in [-0.4, -0.2) is 53.8 Å². The Hall–Kier alpha value is -2.28. The number of benzene rings is 1. The summed E-state index contributed by atoms with van der Waals surface area (Å²) in [7, 11) is 0. The number of hydrogen-bond acceptors (Lipinski definition) is 5. The molecule has 1 saturated heterocycles. The van der Waals surface area contributed by atoms with Gasteiger partial charge in [0, 0.05) is 12.1 Å². The lowest BCUT2D eigenvalue weighted by atomic mass is 10.0. The highest BCUT2D eigenvalue weighted by Crippen LogP contribution is 2.32. The molecule has 2 aliphatic heterocycles. The quantitative estimate of drug-likeness (QED) is 0.801. The number of carbonyl (C=O) groups is 2. The van der Waals surface area contributed by atoms with Crippen molar-refractivity contribution in [2.24, 2.45) is 5.92 Å². The Morgan fingerprint density at radius 3 is 2.81 bits per heavy atom. The van der Waals surface area contributed by atoms with Crippen LogP contribution in [0.4, 0.5) is 0 Å². The van der Waals surface area contributed by atoms with Gasteiger partial charge in [-0.3, -0.25) is 9.59 Å². The zero-order valence-electron chi connectivity index (χ0n) is 15.2. The molecule has 142 valence electrons. The summed E-state index contributed by atoms with van der Waals surface area (Å²) in [6, 6.07) is 4.21. The number of ether oxygens (including phenoxy) is 2. The first-order valence-electron chi connectivity index (χ1n) is 9.11. The van der Waals surface area contributed by atoms with E-state index in [2.05, 4.69) is 5.32 Å². The number of rotatable bonds is 6. The molecule has 2 aliphatic rings. The van der Waals surface area contributed by atoms with Gasteiger partial charge in [-0.25, -0.2) is 0 Å². The normalized spacial score (nSPS) is 19.7. The van der Waals surface area contributed by atoms with E-state index in [1.807, 2.05) is 13.8 Å². The highest BCUT2D eigenvalue weighted by atomic mass is 16.7. The van der Waals surface area contributed by atoms with Gasteiger partial charge in [-0.1, -0.05) is 13.8 Å². The van der Waals surface area contributed by atoms with Crippen molar-refractivity contribution in [1.29, 1.82) is 0 Å². The van der Waals surface area contributed by atoms with Gasteiger partial charge in [0.1, 0.15) is 6.04 Å². The van der Waals surface area contributed by atoms with Crippen molar-refractivity contribution >= 4 is 11.8 Å². The maximum atomic E-state index is 13.0. The van der Waals surface area contributed by atoms with Crippen LogP contribution in [0.3, 0.4) is 0 Å². The Kier molecular flexibility index (Phi) is 5.66. The van der Waals surface area contributed by atoms with Gasteiger partial charge in [-0.15, -0.1) is 0 Å². The van der Waals surface area contributed by atoms with E-state index in [0.29, 0.717) is 30.0 Å². The number of carbonyl (C=O) groups excluding carboxylic acids is 2. The van der Waals surface area contributed by atoms with Crippen molar-refractivity contribution in [1.82, 2.24) is 10.2 Å². The molecule has 1 unspecified atom stereocenters. The second-order valence-corrected chi connectivity index (χ2v) is 7.23. The third kappa shape index (κ3) is 3.93. The molecule has 0 bridgehead atoms. The van der Waals surface area contributed by atoms with Crippen LogP contribution in [0.5, 0.6) is 11.5 Å². The number of aliphatic hydroxyl groups is 1. The van der Waals surface area contributed by atoms with E-state index in [-0.39, 0.29) is 37.2 Å². The Bertz CT molecular complexity index is 676. The number of aliphatic hydroxyl groups excluding tert-OH is 1. The lowest BCUT2D eigenvalue weighted by molar-refractivity contribution is -0.135. The van der Waals surface area contributed by atoms with Crippen LogP contribution in [0, 0.1) is 5.92 Å². The fourth-order valence-corrected chi connectivity index (χ4v) is 3.49. The van der Waals surface area contributed by atoms with Crippen molar-refractivity contribution in [2.75, 3.05) is 19.9 Å². The second-order valence-electron chi connectivity index (χ2n) is 7.23. The minimum atomic E-state index is -0.611. The van der Waals surface area contributed by atoms with Gasteiger partial charge in [0.15, 0.2) is 11.5 Å². The van der Waals surface area contributed by atoms with Gasteiger partial charge in [0.25, 0.3) is 5.91 Å². The summed E-state index contributed by atoms with van der Waals surface area (Å²) < 4.78 is 10.6. The van der Waals surface area contributed by atoms with E-state index >= 15 is 0 Å². The average Bonchev–Trinajstić information content (AvgIpc) is 3.27. The molecule has 0 saturated carbocycles. The van der Waals surface area contributed by atoms with Gasteiger partial charge in [-0.2, -0.15) is 0 Å². The van der Waals surface area contributed by atoms with Gasteiger partial charge >= 0.3 is 0 Å². The van der Waals surface area contributed by atoms with Crippen molar-refractivity contribution in [2.45, 2.75) is 45.2 Å². The third-order valence-electron chi connectivity index (χ3n) is 4.82. The van der Waals surface area contributed by atoms with E-state index in [1.165, 1.54) is 0 Å². The topological polar surface area (TPSA) is 88.1 Å². The lowest BCUT2D eigenvalue weighted by Crippen LogP contribution is -2.51. The smallest absolute Gasteiger partial charge is 0.252 e. The molecular weight excluding hydrogens is 336 g/mol.